The summed E-state index contributed by atoms with van der Waals surface area (Å²) in [5.74, 6) is -0.308. The summed E-state index contributed by atoms with van der Waals surface area (Å²) in [6.45, 7) is 1.66. The molecule has 3 nitrogen and oxygen atoms in total. The Labute approximate surface area is 111 Å². The second kappa shape index (κ2) is 4.48. The highest BCUT2D eigenvalue weighted by Crippen LogP contribution is 2.31. The molecule has 0 aliphatic carbocycles. The van der Waals surface area contributed by atoms with E-state index in [0.717, 1.165) is 31.6 Å². The number of rotatable bonds is 2. The number of morpholine rings is 1. The molecule has 0 aromatic heterocycles. The molecule has 1 aromatic carbocycles. The van der Waals surface area contributed by atoms with Crippen LogP contribution in [0.25, 0.3) is 0 Å². The van der Waals surface area contributed by atoms with Crippen LogP contribution in [0.2, 0.25) is 0 Å². The molecule has 3 rings (SSSR count). The molecule has 96 valence electrons. The minimum Gasteiger partial charge on any atom is -0.389 e. The lowest BCUT2D eigenvalue weighted by atomic mass is 10.1. The Morgan fingerprint density at radius 2 is 2.00 bits per heavy atom. The lowest BCUT2D eigenvalue weighted by Crippen LogP contribution is -2.43. The minimum atomic E-state index is -0.308. The van der Waals surface area contributed by atoms with Gasteiger partial charge >= 0.3 is 0 Å². The average Bonchev–Trinajstić information content (AvgIpc) is 2.68. The Bertz CT molecular complexity index is 482. The number of hydrogen-bond acceptors (Lipinski definition) is 3. The molecule has 2 aliphatic rings. The summed E-state index contributed by atoms with van der Waals surface area (Å²) >= 11 is 5.01. The molecule has 2 saturated heterocycles. The lowest BCUT2D eigenvalue weighted by Gasteiger charge is -2.35. The van der Waals surface area contributed by atoms with Crippen LogP contribution in [0.15, 0.2) is 18.2 Å². The van der Waals surface area contributed by atoms with Gasteiger partial charge in [-0.15, -0.1) is 0 Å². The van der Waals surface area contributed by atoms with Gasteiger partial charge in [0, 0.05) is 24.3 Å². The smallest absolute Gasteiger partial charge is 0.124 e. The third-order valence-corrected chi connectivity index (χ3v) is 3.83. The average molecular weight is 266 g/mol. The first-order valence-electron chi connectivity index (χ1n) is 6.13. The van der Waals surface area contributed by atoms with Gasteiger partial charge in [0.15, 0.2) is 0 Å². The van der Waals surface area contributed by atoms with Gasteiger partial charge in [0.1, 0.15) is 10.8 Å². The largest absolute Gasteiger partial charge is 0.389 e. The molecule has 2 atom stereocenters. The number of hydrogen-bond donors (Lipinski definition) is 1. The first-order valence-corrected chi connectivity index (χ1v) is 6.54. The molecule has 2 unspecified atom stereocenters. The van der Waals surface area contributed by atoms with Crippen LogP contribution >= 0.6 is 12.2 Å². The maximum Gasteiger partial charge on any atom is 0.124 e. The minimum absolute atomic E-state index is 0.239. The van der Waals surface area contributed by atoms with Crippen LogP contribution in [0.4, 0.5) is 10.1 Å². The monoisotopic (exact) mass is 266 g/mol. The number of anilines is 1. The van der Waals surface area contributed by atoms with E-state index < -0.39 is 0 Å². The Morgan fingerprint density at radius 1 is 1.33 bits per heavy atom. The van der Waals surface area contributed by atoms with Gasteiger partial charge in [0.2, 0.25) is 0 Å². The standard InChI is InChI=1S/C13H15FN2OS/c14-8-1-4-12(11(5-8)13(15)18)16-6-9-2-3-10(7-16)17-9/h1,4-5,9-10H,2-3,6-7H2,(H2,15,18). The van der Waals surface area contributed by atoms with Crippen molar-refractivity contribution in [3.63, 3.8) is 0 Å². The number of benzene rings is 1. The van der Waals surface area contributed by atoms with Gasteiger partial charge in [0.05, 0.1) is 12.2 Å². The van der Waals surface area contributed by atoms with Gasteiger partial charge in [-0.1, -0.05) is 12.2 Å². The van der Waals surface area contributed by atoms with Gasteiger partial charge in [-0.2, -0.15) is 0 Å². The van der Waals surface area contributed by atoms with Crippen molar-refractivity contribution >= 4 is 22.9 Å². The highest BCUT2D eigenvalue weighted by Gasteiger charge is 2.34. The van der Waals surface area contributed by atoms with E-state index in [2.05, 4.69) is 4.90 Å². The molecule has 5 heteroatoms. The zero-order chi connectivity index (χ0) is 12.7. The molecule has 0 radical (unpaired) electrons. The summed E-state index contributed by atoms with van der Waals surface area (Å²) < 4.78 is 19.1. The molecule has 2 bridgehead atoms. The van der Waals surface area contributed by atoms with Crippen molar-refractivity contribution in [2.45, 2.75) is 25.0 Å². The summed E-state index contributed by atoms with van der Waals surface area (Å²) in [5, 5.41) is 0. The van der Waals surface area contributed by atoms with E-state index in [0.29, 0.717) is 5.56 Å². The van der Waals surface area contributed by atoms with Gasteiger partial charge in [-0.05, 0) is 31.0 Å². The van der Waals surface area contributed by atoms with Crippen LogP contribution in [-0.4, -0.2) is 30.3 Å². The van der Waals surface area contributed by atoms with Crippen LogP contribution < -0.4 is 10.6 Å². The van der Waals surface area contributed by atoms with Gasteiger partial charge in [0.25, 0.3) is 0 Å². The number of halogens is 1. The molecule has 1 aromatic rings. The highest BCUT2D eigenvalue weighted by atomic mass is 32.1. The summed E-state index contributed by atoms with van der Waals surface area (Å²) in [6.07, 6.45) is 2.77. The number of fused-ring (bicyclic) bond motifs is 2. The van der Waals surface area contributed by atoms with E-state index in [9.17, 15) is 4.39 Å². The molecule has 2 N–H and O–H groups in total. The fourth-order valence-corrected chi connectivity index (χ4v) is 2.96. The number of ether oxygens (including phenoxy) is 1. The quantitative estimate of drug-likeness (QED) is 0.829. The predicted molar refractivity (Wildman–Crippen MR) is 72.4 cm³/mol. The van der Waals surface area contributed by atoms with E-state index in [1.54, 1.807) is 6.07 Å². The second-order valence-corrected chi connectivity index (χ2v) is 5.33. The highest BCUT2D eigenvalue weighted by molar-refractivity contribution is 7.80. The van der Waals surface area contributed by atoms with Crippen molar-refractivity contribution in [2.75, 3.05) is 18.0 Å². The molecule has 2 aliphatic heterocycles. The molecule has 2 fully saturated rings. The van der Waals surface area contributed by atoms with Crippen LogP contribution in [0.1, 0.15) is 18.4 Å². The Kier molecular flexibility index (Phi) is 2.95. The van der Waals surface area contributed by atoms with Gasteiger partial charge in [-0.3, -0.25) is 0 Å². The molecule has 0 spiro atoms. The van der Waals surface area contributed by atoms with Crippen molar-refractivity contribution < 1.29 is 9.13 Å². The van der Waals surface area contributed by atoms with Gasteiger partial charge in [-0.25, -0.2) is 4.39 Å². The number of thiocarbonyl (C=S) groups is 1. The number of nitrogens with two attached hydrogens (primary N) is 1. The summed E-state index contributed by atoms with van der Waals surface area (Å²) in [4.78, 5) is 2.45. The molecule has 18 heavy (non-hydrogen) atoms. The second-order valence-electron chi connectivity index (χ2n) is 4.89. The molecular formula is C13H15FN2OS. The van der Waals surface area contributed by atoms with E-state index in [1.165, 1.54) is 12.1 Å². The zero-order valence-electron chi connectivity index (χ0n) is 9.93. The summed E-state index contributed by atoms with van der Waals surface area (Å²) in [6, 6.07) is 4.62. The van der Waals surface area contributed by atoms with Gasteiger partial charge < -0.3 is 15.4 Å². The first-order chi connectivity index (χ1) is 8.63. The summed E-state index contributed by atoms with van der Waals surface area (Å²) in [7, 11) is 0. The Balaban J connectivity index is 1.94. The maximum absolute atomic E-state index is 13.3. The van der Waals surface area contributed by atoms with Crippen LogP contribution in [0, 0.1) is 5.82 Å². The van der Waals surface area contributed by atoms with E-state index in [1.807, 2.05) is 0 Å². The SMILES string of the molecule is NC(=S)c1cc(F)ccc1N1CC2CCC(C1)O2. The number of nitrogens with zero attached hydrogens (tertiary/aromatic N) is 1. The molecular weight excluding hydrogens is 251 g/mol. The fourth-order valence-electron chi connectivity index (χ4n) is 2.79. The van der Waals surface area contributed by atoms with E-state index in [-0.39, 0.29) is 23.0 Å². The molecule has 2 heterocycles. The Hall–Kier alpha value is -1.20. The van der Waals surface area contributed by atoms with Crippen molar-refractivity contribution in [1.82, 2.24) is 0 Å². The maximum atomic E-state index is 13.3. The predicted octanol–water partition coefficient (Wildman–Crippen LogP) is 1.83. The van der Waals surface area contributed by atoms with Crippen molar-refractivity contribution in [3.8, 4) is 0 Å². The fraction of sp³-hybridized carbons (Fsp3) is 0.462. The van der Waals surface area contributed by atoms with Crippen LogP contribution in [0.3, 0.4) is 0 Å². The zero-order valence-corrected chi connectivity index (χ0v) is 10.8. The normalized spacial score (nSPS) is 26.4. The summed E-state index contributed by atoms with van der Waals surface area (Å²) in [5.41, 5.74) is 7.22. The van der Waals surface area contributed by atoms with E-state index in [4.69, 9.17) is 22.7 Å². The third-order valence-electron chi connectivity index (χ3n) is 3.61. The first kappa shape index (κ1) is 11.9. The van der Waals surface area contributed by atoms with Crippen LogP contribution in [-0.2, 0) is 4.74 Å². The van der Waals surface area contributed by atoms with Crippen molar-refractivity contribution in [1.29, 1.82) is 0 Å². The van der Waals surface area contributed by atoms with Crippen molar-refractivity contribution in [2.24, 2.45) is 5.73 Å². The molecule has 0 amide bonds. The third kappa shape index (κ3) is 2.08. The van der Waals surface area contributed by atoms with Crippen LogP contribution in [0.5, 0.6) is 0 Å². The van der Waals surface area contributed by atoms with Crippen molar-refractivity contribution in [3.05, 3.63) is 29.6 Å². The lowest BCUT2D eigenvalue weighted by molar-refractivity contribution is 0.0305. The van der Waals surface area contributed by atoms with E-state index >= 15 is 0 Å². The topological polar surface area (TPSA) is 38.5 Å². The molecule has 0 saturated carbocycles. The Morgan fingerprint density at radius 3 is 2.61 bits per heavy atom.